The van der Waals surface area contributed by atoms with E-state index < -0.39 is 5.60 Å². The molecular weight excluding hydrogens is 274 g/mol. The van der Waals surface area contributed by atoms with Gasteiger partial charge in [-0.25, -0.2) is 4.79 Å². The van der Waals surface area contributed by atoms with Crippen molar-refractivity contribution in [3.05, 3.63) is 11.7 Å². The maximum absolute atomic E-state index is 12.1. The minimum Gasteiger partial charge on any atom is -0.444 e. The molecule has 1 amide bonds. The fourth-order valence-electron chi connectivity index (χ4n) is 2.27. The van der Waals surface area contributed by atoms with Gasteiger partial charge in [-0.05, 0) is 34.1 Å². The Kier molecular flexibility index (Phi) is 4.51. The van der Waals surface area contributed by atoms with Crippen LogP contribution in [0, 0.1) is 6.92 Å². The summed E-state index contributed by atoms with van der Waals surface area (Å²) in [5, 5.41) is 3.78. The SMILES string of the molecule is Cc1nc(CO[C@@H]2C[C@H](C)N(C(=O)OC(C)(C)C)C2)no1. The maximum atomic E-state index is 12.1. The first-order chi connectivity index (χ1) is 9.74. The van der Waals surface area contributed by atoms with E-state index in [4.69, 9.17) is 14.0 Å². The van der Waals surface area contributed by atoms with Crippen LogP contribution in [0.15, 0.2) is 4.52 Å². The zero-order valence-corrected chi connectivity index (χ0v) is 13.3. The highest BCUT2D eigenvalue weighted by atomic mass is 16.6. The molecule has 1 fully saturated rings. The molecule has 0 spiro atoms. The molecule has 2 heterocycles. The van der Waals surface area contributed by atoms with Crippen LogP contribution in [0.25, 0.3) is 0 Å². The van der Waals surface area contributed by atoms with Gasteiger partial charge < -0.3 is 18.9 Å². The van der Waals surface area contributed by atoms with Crippen LogP contribution in [0.5, 0.6) is 0 Å². The van der Waals surface area contributed by atoms with Crippen molar-refractivity contribution in [3.8, 4) is 0 Å². The molecule has 21 heavy (non-hydrogen) atoms. The fraction of sp³-hybridized carbons (Fsp3) is 0.786. The van der Waals surface area contributed by atoms with Gasteiger partial charge in [-0.1, -0.05) is 5.16 Å². The van der Waals surface area contributed by atoms with Gasteiger partial charge in [-0.2, -0.15) is 4.98 Å². The first-order valence-electron chi connectivity index (χ1n) is 7.15. The number of amides is 1. The Morgan fingerprint density at radius 3 is 2.76 bits per heavy atom. The molecule has 1 aliphatic rings. The molecule has 0 N–H and O–H groups in total. The molecule has 1 saturated heterocycles. The van der Waals surface area contributed by atoms with E-state index in [2.05, 4.69) is 10.1 Å². The summed E-state index contributed by atoms with van der Waals surface area (Å²) < 4.78 is 16.0. The highest BCUT2D eigenvalue weighted by molar-refractivity contribution is 5.69. The van der Waals surface area contributed by atoms with Crippen molar-refractivity contribution in [2.75, 3.05) is 6.54 Å². The van der Waals surface area contributed by atoms with Crippen LogP contribution in [-0.4, -0.2) is 45.4 Å². The number of hydrogen-bond acceptors (Lipinski definition) is 6. The van der Waals surface area contributed by atoms with Crippen LogP contribution in [0.3, 0.4) is 0 Å². The molecule has 1 aromatic rings. The number of carbonyl (C=O) groups is 1. The van der Waals surface area contributed by atoms with Crippen molar-refractivity contribution in [2.24, 2.45) is 0 Å². The second-order valence-electron chi connectivity index (χ2n) is 6.38. The van der Waals surface area contributed by atoms with Crippen molar-refractivity contribution in [2.45, 2.75) is 65.4 Å². The average Bonchev–Trinajstić information content (AvgIpc) is 2.91. The third-order valence-corrected chi connectivity index (χ3v) is 3.18. The Hall–Kier alpha value is -1.63. The van der Waals surface area contributed by atoms with Crippen LogP contribution in [-0.2, 0) is 16.1 Å². The fourth-order valence-corrected chi connectivity index (χ4v) is 2.27. The second kappa shape index (κ2) is 6.01. The molecule has 1 aromatic heterocycles. The number of carbonyl (C=O) groups excluding carboxylic acids is 1. The molecule has 0 aromatic carbocycles. The minimum atomic E-state index is -0.488. The normalized spacial score (nSPS) is 22.6. The molecule has 2 atom stereocenters. The summed E-state index contributed by atoms with van der Waals surface area (Å²) in [6, 6.07) is 0.0943. The predicted octanol–water partition coefficient (Wildman–Crippen LogP) is 2.29. The first-order valence-corrected chi connectivity index (χ1v) is 7.15. The lowest BCUT2D eigenvalue weighted by Gasteiger charge is -2.26. The summed E-state index contributed by atoms with van der Waals surface area (Å²) in [5.41, 5.74) is -0.488. The number of ether oxygens (including phenoxy) is 2. The van der Waals surface area contributed by atoms with Gasteiger partial charge in [-0.3, -0.25) is 0 Å². The highest BCUT2D eigenvalue weighted by Crippen LogP contribution is 2.23. The van der Waals surface area contributed by atoms with Gasteiger partial charge >= 0.3 is 6.09 Å². The quantitative estimate of drug-likeness (QED) is 0.852. The van der Waals surface area contributed by atoms with Crippen molar-refractivity contribution < 1.29 is 18.8 Å². The molecule has 7 heteroatoms. The van der Waals surface area contributed by atoms with Gasteiger partial charge in [0, 0.05) is 13.0 Å². The van der Waals surface area contributed by atoms with Crippen molar-refractivity contribution in [3.63, 3.8) is 0 Å². The monoisotopic (exact) mass is 297 g/mol. The van der Waals surface area contributed by atoms with Crippen LogP contribution in [0.4, 0.5) is 4.79 Å². The Morgan fingerprint density at radius 1 is 1.48 bits per heavy atom. The topological polar surface area (TPSA) is 77.7 Å². The van der Waals surface area contributed by atoms with Crippen LogP contribution in [0.1, 0.15) is 45.8 Å². The summed E-state index contributed by atoms with van der Waals surface area (Å²) in [6.45, 7) is 10.1. The van der Waals surface area contributed by atoms with E-state index in [-0.39, 0.29) is 24.8 Å². The zero-order chi connectivity index (χ0) is 15.6. The lowest BCUT2D eigenvalue weighted by atomic mass is 10.2. The standard InChI is InChI=1S/C14H23N3O4/c1-9-6-11(19-8-12-15-10(2)21-16-12)7-17(9)13(18)20-14(3,4)5/h9,11H,6-8H2,1-5H3/t9-,11+/m0/s1. The summed E-state index contributed by atoms with van der Waals surface area (Å²) >= 11 is 0. The van der Waals surface area contributed by atoms with E-state index in [1.807, 2.05) is 27.7 Å². The van der Waals surface area contributed by atoms with E-state index >= 15 is 0 Å². The van der Waals surface area contributed by atoms with Crippen LogP contribution >= 0.6 is 0 Å². The molecule has 0 saturated carbocycles. The van der Waals surface area contributed by atoms with Gasteiger partial charge in [0.1, 0.15) is 12.2 Å². The second-order valence-corrected chi connectivity index (χ2v) is 6.38. The molecule has 7 nitrogen and oxygen atoms in total. The van der Waals surface area contributed by atoms with E-state index in [0.29, 0.717) is 18.3 Å². The maximum Gasteiger partial charge on any atom is 0.410 e. The van der Waals surface area contributed by atoms with Crippen molar-refractivity contribution in [1.82, 2.24) is 15.0 Å². The number of aromatic nitrogens is 2. The van der Waals surface area contributed by atoms with E-state index in [1.54, 1.807) is 11.8 Å². The largest absolute Gasteiger partial charge is 0.444 e. The van der Waals surface area contributed by atoms with Gasteiger partial charge in [0.15, 0.2) is 5.82 Å². The Morgan fingerprint density at radius 2 is 2.19 bits per heavy atom. The van der Waals surface area contributed by atoms with Gasteiger partial charge in [-0.15, -0.1) is 0 Å². The summed E-state index contributed by atoms with van der Waals surface area (Å²) in [7, 11) is 0. The summed E-state index contributed by atoms with van der Waals surface area (Å²) in [4.78, 5) is 17.9. The number of hydrogen-bond donors (Lipinski definition) is 0. The smallest absolute Gasteiger partial charge is 0.410 e. The Balaban J connectivity index is 1.84. The first kappa shape index (κ1) is 15.8. The third-order valence-electron chi connectivity index (χ3n) is 3.18. The van der Waals surface area contributed by atoms with Gasteiger partial charge in [0.2, 0.25) is 5.89 Å². The van der Waals surface area contributed by atoms with E-state index in [1.165, 1.54) is 0 Å². The number of likely N-dealkylation sites (tertiary alicyclic amines) is 1. The van der Waals surface area contributed by atoms with Crippen molar-refractivity contribution >= 4 is 6.09 Å². The number of nitrogens with zero attached hydrogens (tertiary/aromatic N) is 3. The Labute approximate surface area is 124 Å². The minimum absolute atomic E-state index is 0.0358. The summed E-state index contributed by atoms with van der Waals surface area (Å²) in [6.07, 6.45) is 0.443. The molecule has 0 radical (unpaired) electrons. The molecule has 118 valence electrons. The van der Waals surface area contributed by atoms with Gasteiger partial charge in [0.25, 0.3) is 0 Å². The Bertz CT molecular complexity index is 495. The number of rotatable bonds is 3. The summed E-state index contributed by atoms with van der Waals surface area (Å²) in [5.74, 6) is 1.04. The number of aryl methyl sites for hydroxylation is 1. The van der Waals surface area contributed by atoms with Crippen LogP contribution < -0.4 is 0 Å². The molecule has 2 rings (SSSR count). The zero-order valence-electron chi connectivity index (χ0n) is 13.3. The lowest BCUT2D eigenvalue weighted by Crippen LogP contribution is -2.39. The third kappa shape index (κ3) is 4.42. The molecule has 1 aliphatic heterocycles. The predicted molar refractivity (Wildman–Crippen MR) is 74.6 cm³/mol. The van der Waals surface area contributed by atoms with E-state index in [0.717, 1.165) is 6.42 Å². The van der Waals surface area contributed by atoms with E-state index in [9.17, 15) is 4.79 Å². The molecule has 0 unspecified atom stereocenters. The average molecular weight is 297 g/mol. The molecule has 0 aliphatic carbocycles. The van der Waals surface area contributed by atoms with Crippen LogP contribution in [0.2, 0.25) is 0 Å². The highest BCUT2D eigenvalue weighted by Gasteiger charge is 2.35. The lowest BCUT2D eigenvalue weighted by molar-refractivity contribution is 0.0147. The molecular formula is C14H23N3O4. The van der Waals surface area contributed by atoms with Crippen molar-refractivity contribution in [1.29, 1.82) is 0 Å². The molecule has 0 bridgehead atoms. The van der Waals surface area contributed by atoms with Gasteiger partial charge in [0.05, 0.1) is 12.6 Å².